The number of rotatable bonds is 5. The van der Waals surface area contributed by atoms with Gasteiger partial charge in [0.05, 0.1) is 5.41 Å². The number of amides is 2. The van der Waals surface area contributed by atoms with Gasteiger partial charge in [-0.2, -0.15) is 0 Å². The van der Waals surface area contributed by atoms with Gasteiger partial charge in [0.15, 0.2) is 0 Å². The summed E-state index contributed by atoms with van der Waals surface area (Å²) >= 11 is 0. The molecule has 0 radical (unpaired) electrons. The van der Waals surface area contributed by atoms with Gasteiger partial charge in [-0.25, -0.2) is 0 Å². The molecular formula is C24H29N3O2. The van der Waals surface area contributed by atoms with Crippen molar-refractivity contribution < 1.29 is 9.59 Å². The molecule has 1 unspecified atom stereocenters. The molecule has 4 rings (SSSR count). The normalized spacial score (nSPS) is 22.6. The van der Waals surface area contributed by atoms with E-state index in [1.54, 1.807) is 12.4 Å². The fourth-order valence-corrected chi connectivity index (χ4v) is 4.85. The summed E-state index contributed by atoms with van der Waals surface area (Å²) in [6.07, 6.45) is 10.2. The first-order valence-electron chi connectivity index (χ1n) is 10.7. The number of pyridine rings is 1. The number of aromatic nitrogens is 1. The Bertz CT molecular complexity index is 859. The highest BCUT2D eigenvalue weighted by molar-refractivity contribution is 5.85. The minimum atomic E-state index is -0.664. The van der Waals surface area contributed by atoms with Crippen LogP contribution in [0.2, 0.25) is 0 Å². The Morgan fingerprint density at radius 3 is 2.31 bits per heavy atom. The van der Waals surface area contributed by atoms with Crippen molar-refractivity contribution in [3.63, 3.8) is 0 Å². The quantitative estimate of drug-likeness (QED) is 0.846. The molecule has 29 heavy (non-hydrogen) atoms. The van der Waals surface area contributed by atoms with Gasteiger partial charge in [0, 0.05) is 31.4 Å². The average molecular weight is 392 g/mol. The smallest absolute Gasteiger partial charge is 0.225 e. The van der Waals surface area contributed by atoms with Crippen molar-refractivity contribution >= 4 is 11.8 Å². The second-order valence-corrected chi connectivity index (χ2v) is 8.60. The van der Waals surface area contributed by atoms with Gasteiger partial charge in [-0.1, -0.05) is 43.5 Å². The zero-order chi connectivity index (χ0) is 20.3. The summed E-state index contributed by atoms with van der Waals surface area (Å²) in [6.45, 7) is 1.08. The van der Waals surface area contributed by atoms with E-state index in [0.29, 0.717) is 25.9 Å². The van der Waals surface area contributed by atoms with Gasteiger partial charge in [0.1, 0.15) is 0 Å². The lowest BCUT2D eigenvalue weighted by molar-refractivity contribution is -0.136. The number of nitrogens with zero attached hydrogens (tertiary/aromatic N) is 2. The van der Waals surface area contributed by atoms with Crippen LogP contribution >= 0.6 is 0 Å². The first-order valence-corrected chi connectivity index (χ1v) is 10.7. The lowest BCUT2D eigenvalue weighted by Gasteiger charge is -2.29. The number of nitrogens with two attached hydrogens (primary N) is 1. The standard InChI is InChI=1S/C24H29N3O2/c25-23(29)24(12-15-27(17-24)22(28)21-4-2-1-3-5-21)16-18-6-8-19(9-7-18)20-10-13-26-14-11-20/h6-11,13-14,21H,1-5,12,15-17H2,(H2,25,29). The molecule has 2 heterocycles. The van der Waals surface area contributed by atoms with Gasteiger partial charge in [0.2, 0.25) is 11.8 Å². The number of carbonyl (C=O) groups excluding carboxylic acids is 2. The molecule has 1 atom stereocenters. The maximum Gasteiger partial charge on any atom is 0.225 e. The van der Waals surface area contributed by atoms with Crippen LogP contribution in [-0.2, 0) is 16.0 Å². The molecule has 1 saturated carbocycles. The molecule has 0 spiro atoms. The number of likely N-dealkylation sites (tertiary alicyclic amines) is 1. The van der Waals surface area contributed by atoms with Gasteiger partial charge in [-0.15, -0.1) is 0 Å². The van der Waals surface area contributed by atoms with Crippen molar-refractivity contribution in [2.24, 2.45) is 17.1 Å². The van der Waals surface area contributed by atoms with E-state index in [4.69, 9.17) is 5.73 Å². The molecule has 5 nitrogen and oxygen atoms in total. The van der Waals surface area contributed by atoms with Crippen LogP contribution in [0.15, 0.2) is 48.8 Å². The summed E-state index contributed by atoms with van der Waals surface area (Å²) in [5.41, 5.74) is 8.50. The van der Waals surface area contributed by atoms with Crippen LogP contribution in [0.5, 0.6) is 0 Å². The van der Waals surface area contributed by atoms with Crippen LogP contribution in [-0.4, -0.2) is 34.8 Å². The van der Waals surface area contributed by atoms with E-state index in [2.05, 4.69) is 29.2 Å². The summed E-state index contributed by atoms with van der Waals surface area (Å²) in [4.78, 5) is 31.3. The molecule has 1 aliphatic carbocycles. The average Bonchev–Trinajstić information content (AvgIpc) is 3.20. The third kappa shape index (κ3) is 4.19. The van der Waals surface area contributed by atoms with Crippen molar-refractivity contribution in [2.45, 2.75) is 44.9 Å². The SMILES string of the molecule is NC(=O)C1(Cc2ccc(-c3ccncc3)cc2)CCN(C(=O)C2CCCCC2)C1. The van der Waals surface area contributed by atoms with Gasteiger partial charge >= 0.3 is 0 Å². The fourth-order valence-electron chi connectivity index (χ4n) is 4.85. The third-order valence-corrected chi connectivity index (χ3v) is 6.65. The molecule has 2 aromatic rings. The van der Waals surface area contributed by atoms with Crippen molar-refractivity contribution in [3.8, 4) is 11.1 Å². The monoisotopic (exact) mass is 391 g/mol. The van der Waals surface area contributed by atoms with Crippen molar-refractivity contribution in [1.29, 1.82) is 0 Å². The van der Waals surface area contributed by atoms with Crippen LogP contribution in [0, 0.1) is 11.3 Å². The van der Waals surface area contributed by atoms with Crippen LogP contribution in [0.25, 0.3) is 11.1 Å². The lowest BCUT2D eigenvalue weighted by atomic mass is 9.80. The summed E-state index contributed by atoms with van der Waals surface area (Å²) in [7, 11) is 0. The van der Waals surface area contributed by atoms with Crippen molar-refractivity contribution in [3.05, 3.63) is 54.4 Å². The predicted molar refractivity (Wildman–Crippen MR) is 113 cm³/mol. The maximum atomic E-state index is 12.9. The Balaban J connectivity index is 1.47. The predicted octanol–water partition coefficient (Wildman–Crippen LogP) is 3.58. The van der Waals surface area contributed by atoms with E-state index < -0.39 is 5.41 Å². The van der Waals surface area contributed by atoms with Crippen LogP contribution in [0.1, 0.15) is 44.1 Å². The summed E-state index contributed by atoms with van der Waals surface area (Å²) in [5, 5.41) is 0. The Morgan fingerprint density at radius 1 is 1.00 bits per heavy atom. The number of hydrogen-bond donors (Lipinski definition) is 1. The largest absolute Gasteiger partial charge is 0.369 e. The van der Waals surface area contributed by atoms with Gasteiger partial charge in [0.25, 0.3) is 0 Å². The zero-order valence-corrected chi connectivity index (χ0v) is 16.8. The van der Waals surface area contributed by atoms with E-state index >= 15 is 0 Å². The molecule has 2 fully saturated rings. The lowest BCUT2D eigenvalue weighted by Crippen LogP contribution is -2.43. The Morgan fingerprint density at radius 2 is 1.66 bits per heavy atom. The molecule has 2 amide bonds. The number of benzene rings is 1. The minimum Gasteiger partial charge on any atom is -0.369 e. The number of carbonyl (C=O) groups is 2. The van der Waals surface area contributed by atoms with E-state index in [0.717, 1.165) is 42.4 Å². The molecule has 1 aliphatic heterocycles. The second-order valence-electron chi connectivity index (χ2n) is 8.60. The molecule has 1 aromatic heterocycles. The van der Waals surface area contributed by atoms with Gasteiger partial charge in [-0.05, 0) is 54.5 Å². The fraction of sp³-hybridized carbons (Fsp3) is 0.458. The third-order valence-electron chi connectivity index (χ3n) is 6.65. The highest BCUT2D eigenvalue weighted by Gasteiger charge is 2.45. The molecule has 5 heteroatoms. The van der Waals surface area contributed by atoms with E-state index in [9.17, 15) is 9.59 Å². The molecular weight excluding hydrogens is 362 g/mol. The molecule has 152 valence electrons. The molecule has 2 aliphatic rings. The van der Waals surface area contributed by atoms with Gasteiger partial charge < -0.3 is 10.6 Å². The first kappa shape index (κ1) is 19.6. The molecule has 2 N–H and O–H groups in total. The van der Waals surface area contributed by atoms with Gasteiger partial charge in [-0.3, -0.25) is 14.6 Å². The highest BCUT2D eigenvalue weighted by Crippen LogP contribution is 2.36. The van der Waals surface area contributed by atoms with Crippen LogP contribution < -0.4 is 5.73 Å². The maximum absolute atomic E-state index is 12.9. The summed E-state index contributed by atoms with van der Waals surface area (Å²) in [5.74, 6) is 0.0580. The molecule has 0 bridgehead atoms. The Labute approximate surface area is 172 Å². The summed E-state index contributed by atoms with van der Waals surface area (Å²) in [6, 6.07) is 12.2. The number of primary amides is 1. The van der Waals surface area contributed by atoms with E-state index in [-0.39, 0.29) is 17.7 Å². The second kappa shape index (κ2) is 8.36. The van der Waals surface area contributed by atoms with E-state index in [1.165, 1.54) is 6.42 Å². The van der Waals surface area contributed by atoms with Crippen LogP contribution in [0.3, 0.4) is 0 Å². The molecule has 1 saturated heterocycles. The Kier molecular flexibility index (Phi) is 5.65. The molecule has 1 aromatic carbocycles. The highest BCUT2D eigenvalue weighted by atomic mass is 16.2. The Hall–Kier alpha value is -2.69. The first-order chi connectivity index (χ1) is 14.1. The minimum absolute atomic E-state index is 0.132. The zero-order valence-electron chi connectivity index (χ0n) is 16.8. The van der Waals surface area contributed by atoms with Crippen LogP contribution in [0.4, 0.5) is 0 Å². The van der Waals surface area contributed by atoms with E-state index in [1.807, 2.05) is 17.0 Å². The van der Waals surface area contributed by atoms with Crippen molar-refractivity contribution in [2.75, 3.05) is 13.1 Å². The summed E-state index contributed by atoms with van der Waals surface area (Å²) < 4.78 is 0. The topological polar surface area (TPSA) is 76.3 Å². The van der Waals surface area contributed by atoms with Crippen molar-refractivity contribution in [1.82, 2.24) is 9.88 Å². The number of hydrogen-bond acceptors (Lipinski definition) is 3.